The molecule has 0 aliphatic rings. The van der Waals surface area contributed by atoms with E-state index in [1.807, 2.05) is 12.1 Å². The highest BCUT2D eigenvalue weighted by atomic mass is 16.5. The van der Waals surface area contributed by atoms with Crippen LogP contribution in [-0.4, -0.2) is 30.0 Å². The second kappa shape index (κ2) is 10.8. The Morgan fingerprint density at radius 1 is 0.842 bits per heavy atom. The van der Waals surface area contributed by atoms with Crippen molar-refractivity contribution in [3.63, 3.8) is 0 Å². The van der Waals surface area contributed by atoms with Crippen molar-refractivity contribution in [1.82, 2.24) is 0 Å². The first-order valence-corrected chi connectivity index (χ1v) is 7.30. The topological polar surface area (TPSA) is 49.7 Å². The summed E-state index contributed by atoms with van der Waals surface area (Å²) in [6.45, 7) is 0.729. The molecule has 0 bridgehead atoms. The number of ether oxygens (including phenoxy) is 1. The minimum absolute atomic E-state index is 0.0536. The quantitative estimate of drug-likeness (QED) is 0.605. The molecule has 0 unspecified atom stereocenters. The van der Waals surface area contributed by atoms with Gasteiger partial charge in [0.15, 0.2) is 0 Å². The van der Waals surface area contributed by atoms with Gasteiger partial charge in [-0.3, -0.25) is 0 Å². The van der Waals surface area contributed by atoms with Crippen LogP contribution >= 0.6 is 0 Å². The Kier molecular flexibility index (Phi) is 9.11. The molecule has 3 heteroatoms. The molecule has 3 nitrogen and oxygen atoms in total. The van der Waals surface area contributed by atoms with Gasteiger partial charge in [-0.15, -0.1) is 0 Å². The zero-order chi connectivity index (χ0) is 13.8. The normalized spacial score (nSPS) is 10.6. The number of aliphatic hydroxyl groups is 2. The summed E-state index contributed by atoms with van der Waals surface area (Å²) in [4.78, 5) is 0. The third kappa shape index (κ3) is 7.85. The number of aryl methyl sites for hydroxylation is 1. The molecule has 0 spiro atoms. The van der Waals surface area contributed by atoms with Crippen molar-refractivity contribution < 1.29 is 14.9 Å². The molecule has 0 fully saturated rings. The van der Waals surface area contributed by atoms with Gasteiger partial charge in [0.2, 0.25) is 0 Å². The van der Waals surface area contributed by atoms with Crippen molar-refractivity contribution in [2.75, 3.05) is 19.8 Å². The molecule has 0 aliphatic heterocycles. The first-order chi connectivity index (χ1) is 9.36. The minimum Gasteiger partial charge on any atom is -0.491 e. The lowest BCUT2D eigenvalue weighted by Gasteiger charge is -2.07. The molecule has 0 saturated carbocycles. The van der Waals surface area contributed by atoms with Gasteiger partial charge in [-0.1, -0.05) is 37.8 Å². The van der Waals surface area contributed by atoms with E-state index in [0.29, 0.717) is 13.2 Å². The molecule has 0 amide bonds. The van der Waals surface area contributed by atoms with Crippen LogP contribution in [0.1, 0.15) is 44.1 Å². The van der Waals surface area contributed by atoms with Crippen LogP contribution < -0.4 is 4.74 Å². The number of unbranched alkanes of at least 4 members (excludes halogenated alkanes) is 5. The Morgan fingerprint density at radius 3 is 2.32 bits per heavy atom. The van der Waals surface area contributed by atoms with Gasteiger partial charge < -0.3 is 14.9 Å². The molecule has 1 aromatic rings. The van der Waals surface area contributed by atoms with Crippen molar-refractivity contribution in [3.8, 4) is 5.75 Å². The van der Waals surface area contributed by atoms with E-state index < -0.39 is 0 Å². The van der Waals surface area contributed by atoms with Crippen LogP contribution in [0.4, 0.5) is 0 Å². The molecule has 108 valence electrons. The Hall–Kier alpha value is -1.06. The van der Waals surface area contributed by atoms with Gasteiger partial charge >= 0.3 is 0 Å². The van der Waals surface area contributed by atoms with Gasteiger partial charge in [0.05, 0.1) is 6.61 Å². The predicted octanol–water partition coefficient (Wildman–Crippen LogP) is 2.93. The summed E-state index contributed by atoms with van der Waals surface area (Å²) in [5.74, 6) is 0.842. The highest BCUT2D eigenvalue weighted by Gasteiger charge is 1.98. The van der Waals surface area contributed by atoms with Gasteiger partial charge in [-0.25, -0.2) is 0 Å². The summed E-state index contributed by atoms with van der Waals surface area (Å²) in [5, 5.41) is 17.4. The van der Waals surface area contributed by atoms with Crippen LogP contribution in [0, 0.1) is 0 Å². The van der Waals surface area contributed by atoms with Crippen molar-refractivity contribution >= 4 is 0 Å². The number of benzene rings is 1. The van der Waals surface area contributed by atoms with Crippen LogP contribution in [0.15, 0.2) is 24.3 Å². The van der Waals surface area contributed by atoms with E-state index >= 15 is 0 Å². The highest BCUT2D eigenvalue weighted by Crippen LogP contribution is 2.16. The van der Waals surface area contributed by atoms with Crippen LogP contribution in [0.5, 0.6) is 5.75 Å². The van der Waals surface area contributed by atoms with E-state index in [9.17, 15) is 0 Å². The second-order valence-electron chi connectivity index (χ2n) is 4.81. The van der Waals surface area contributed by atoms with E-state index in [1.54, 1.807) is 0 Å². The molecule has 0 radical (unpaired) electrons. The average molecular weight is 266 g/mol. The van der Waals surface area contributed by atoms with Crippen LogP contribution in [0.25, 0.3) is 0 Å². The fourth-order valence-electron chi connectivity index (χ4n) is 2.10. The van der Waals surface area contributed by atoms with Crippen molar-refractivity contribution in [2.45, 2.75) is 44.9 Å². The Bertz CT molecular complexity index is 326. The minimum atomic E-state index is 0.0536. The van der Waals surface area contributed by atoms with E-state index in [-0.39, 0.29) is 6.61 Å². The molecular formula is C16H26O3. The zero-order valence-corrected chi connectivity index (χ0v) is 11.7. The first kappa shape index (κ1) is 16.0. The van der Waals surface area contributed by atoms with E-state index in [0.717, 1.165) is 25.0 Å². The summed E-state index contributed by atoms with van der Waals surface area (Å²) in [6, 6.07) is 8.11. The maximum atomic E-state index is 8.72. The van der Waals surface area contributed by atoms with Gasteiger partial charge in [0.25, 0.3) is 0 Å². The highest BCUT2D eigenvalue weighted by molar-refractivity contribution is 5.28. The summed E-state index contributed by atoms with van der Waals surface area (Å²) in [6.07, 6.45) is 8.07. The molecule has 1 aromatic carbocycles. The Morgan fingerprint density at radius 2 is 1.58 bits per heavy atom. The summed E-state index contributed by atoms with van der Waals surface area (Å²) in [5.41, 5.74) is 1.30. The molecular weight excluding hydrogens is 240 g/mol. The third-order valence-corrected chi connectivity index (χ3v) is 3.13. The van der Waals surface area contributed by atoms with E-state index in [1.165, 1.54) is 31.2 Å². The van der Waals surface area contributed by atoms with Crippen LogP contribution in [0.3, 0.4) is 0 Å². The lowest BCUT2D eigenvalue weighted by Crippen LogP contribution is -2.01. The number of hydrogen-bond donors (Lipinski definition) is 2. The molecule has 2 N–H and O–H groups in total. The van der Waals surface area contributed by atoms with Crippen LogP contribution in [-0.2, 0) is 6.42 Å². The molecule has 0 atom stereocenters. The van der Waals surface area contributed by atoms with Crippen molar-refractivity contribution in [3.05, 3.63) is 29.8 Å². The van der Waals surface area contributed by atoms with Crippen molar-refractivity contribution in [1.29, 1.82) is 0 Å². The predicted molar refractivity (Wildman–Crippen MR) is 77.5 cm³/mol. The number of rotatable bonds is 11. The average Bonchev–Trinajstić information content (AvgIpc) is 2.44. The zero-order valence-electron chi connectivity index (χ0n) is 11.7. The molecule has 0 saturated heterocycles. The fraction of sp³-hybridized carbons (Fsp3) is 0.625. The molecule has 19 heavy (non-hydrogen) atoms. The van der Waals surface area contributed by atoms with Crippen LogP contribution in [0.2, 0.25) is 0 Å². The Balaban J connectivity index is 2.14. The van der Waals surface area contributed by atoms with Gasteiger partial charge in [0.1, 0.15) is 12.4 Å². The fourth-order valence-corrected chi connectivity index (χ4v) is 2.10. The molecule has 0 heterocycles. The van der Waals surface area contributed by atoms with E-state index in [4.69, 9.17) is 14.9 Å². The summed E-state index contributed by atoms with van der Waals surface area (Å²) < 4.78 is 5.39. The van der Waals surface area contributed by atoms with Gasteiger partial charge in [0, 0.05) is 6.61 Å². The third-order valence-electron chi connectivity index (χ3n) is 3.13. The summed E-state index contributed by atoms with van der Waals surface area (Å²) in [7, 11) is 0. The molecule has 0 aliphatic carbocycles. The molecule has 0 aromatic heterocycles. The van der Waals surface area contributed by atoms with Gasteiger partial charge in [-0.05, 0) is 37.0 Å². The van der Waals surface area contributed by atoms with E-state index in [2.05, 4.69) is 12.1 Å². The monoisotopic (exact) mass is 266 g/mol. The molecule has 1 rings (SSSR count). The smallest absolute Gasteiger partial charge is 0.119 e. The SMILES string of the molecule is OCCCCCCCCc1cccc(OCCO)c1. The lowest BCUT2D eigenvalue weighted by molar-refractivity contribution is 0.201. The number of hydrogen-bond acceptors (Lipinski definition) is 3. The Labute approximate surface area is 116 Å². The first-order valence-electron chi connectivity index (χ1n) is 7.30. The second-order valence-corrected chi connectivity index (χ2v) is 4.81. The summed E-state index contributed by atoms with van der Waals surface area (Å²) >= 11 is 0. The maximum absolute atomic E-state index is 8.72. The lowest BCUT2D eigenvalue weighted by atomic mass is 10.0. The largest absolute Gasteiger partial charge is 0.491 e. The van der Waals surface area contributed by atoms with Gasteiger partial charge in [-0.2, -0.15) is 0 Å². The maximum Gasteiger partial charge on any atom is 0.119 e. The standard InChI is InChI=1S/C16H26O3/c17-11-6-4-2-1-3-5-8-15-9-7-10-16(14-15)19-13-12-18/h7,9-10,14,17-18H,1-6,8,11-13H2. The number of aliphatic hydroxyl groups excluding tert-OH is 2. The van der Waals surface area contributed by atoms with Crippen molar-refractivity contribution in [2.24, 2.45) is 0 Å².